The van der Waals surface area contributed by atoms with E-state index in [-0.39, 0.29) is 42.3 Å². The highest BCUT2D eigenvalue weighted by atomic mass is 16.5. The lowest BCUT2D eigenvalue weighted by Gasteiger charge is -2.38. The van der Waals surface area contributed by atoms with E-state index in [2.05, 4.69) is 5.32 Å². The molecular formula is C24H41N3O4. The second-order valence-electron chi connectivity index (χ2n) is 9.45. The lowest BCUT2D eigenvalue weighted by Crippen LogP contribution is -2.48. The lowest BCUT2D eigenvalue weighted by atomic mass is 9.87. The summed E-state index contributed by atoms with van der Waals surface area (Å²) in [6, 6.07) is 0.327. The van der Waals surface area contributed by atoms with E-state index < -0.39 is 5.92 Å². The fourth-order valence-corrected chi connectivity index (χ4v) is 4.88. The Kier molecular flexibility index (Phi) is 9.54. The Labute approximate surface area is 187 Å². The summed E-state index contributed by atoms with van der Waals surface area (Å²) in [5, 5.41) is 3.09. The highest BCUT2D eigenvalue weighted by molar-refractivity contribution is 5.98. The predicted molar refractivity (Wildman–Crippen MR) is 121 cm³/mol. The number of nitrogens with one attached hydrogen (secondary N) is 1. The van der Waals surface area contributed by atoms with Crippen molar-refractivity contribution in [3.63, 3.8) is 0 Å². The monoisotopic (exact) mass is 435 g/mol. The molecule has 7 heteroatoms. The molecule has 1 aliphatic heterocycles. The maximum absolute atomic E-state index is 13.5. The zero-order valence-electron chi connectivity index (χ0n) is 20.2. The van der Waals surface area contributed by atoms with Gasteiger partial charge < -0.3 is 19.9 Å². The van der Waals surface area contributed by atoms with Crippen molar-refractivity contribution >= 4 is 17.7 Å². The van der Waals surface area contributed by atoms with E-state index >= 15 is 0 Å². The number of hydrogen-bond acceptors (Lipinski definition) is 4. The molecule has 31 heavy (non-hydrogen) atoms. The molecule has 2 rings (SSSR count). The Bertz CT molecular complexity index is 672. The average molecular weight is 436 g/mol. The molecular weight excluding hydrogens is 394 g/mol. The van der Waals surface area contributed by atoms with Crippen LogP contribution < -0.4 is 5.32 Å². The molecule has 7 nitrogen and oxygen atoms in total. The average Bonchev–Trinajstić information content (AvgIpc) is 3.18. The molecule has 0 radical (unpaired) electrons. The summed E-state index contributed by atoms with van der Waals surface area (Å²) in [7, 11) is 1.63. The largest absolute Gasteiger partial charge is 0.385 e. The first-order valence-corrected chi connectivity index (χ1v) is 11.8. The van der Waals surface area contributed by atoms with E-state index in [1.807, 2.05) is 39.5 Å². The van der Waals surface area contributed by atoms with Crippen LogP contribution in [0.15, 0.2) is 11.3 Å². The standard InChI is InChI=1S/C24H41N3O4/c1-16(2)27(17(3)4)24(30)21-14-19(15-22(28)25-20-10-7-8-11-20)23(29)26(18(21)5)12-9-13-31-6/h16-17,19-20H,7-15H2,1-6H3,(H,25,28). The van der Waals surface area contributed by atoms with Crippen LogP contribution in [0.2, 0.25) is 0 Å². The maximum Gasteiger partial charge on any atom is 0.252 e. The second-order valence-corrected chi connectivity index (χ2v) is 9.45. The number of ether oxygens (including phenoxy) is 1. The van der Waals surface area contributed by atoms with Crippen molar-refractivity contribution in [1.82, 2.24) is 15.1 Å². The van der Waals surface area contributed by atoms with Crippen molar-refractivity contribution in [1.29, 1.82) is 0 Å². The smallest absolute Gasteiger partial charge is 0.252 e. The van der Waals surface area contributed by atoms with E-state index in [1.165, 1.54) is 0 Å². The first-order valence-electron chi connectivity index (χ1n) is 11.8. The summed E-state index contributed by atoms with van der Waals surface area (Å²) in [5.74, 6) is -0.689. The number of methoxy groups -OCH3 is 1. The minimum absolute atomic E-state index is 0.0343. The number of carbonyl (C=O) groups is 3. The molecule has 176 valence electrons. The molecule has 0 aromatic rings. The van der Waals surface area contributed by atoms with Crippen molar-refractivity contribution < 1.29 is 19.1 Å². The van der Waals surface area contributed by atoms with Gasteiger partial charge in [0.05, 0.1) is 5.92 Å². The summed E-state index contributed by atoms with van der Waals surface area (Å²) in [6.45, 7) is 10.9. The zero-order valence-corrected chi connectivity index (χ0v) is 20.2. The normalized spacial score (nSPS) is 20.2. The number of nitrogens with zero attached hydrogens (tertiary/aromatic N) is 2. The molecule has 0 bridgehead atoms. The first-order chi connectivity index (χ1) is 14.7. The molecule has 1 heterocycles. The maximum atomic E-state index is 13.5. The molecule has 2 aliphatic rings. The van der Waals surface area contributed by atoms with E-state index in [0.29, 0.717) is 37.3 Å². The molecule has 1 aliphatic carbocycles. The topological polar surface area (TPSA) is 79.0 Å². The molecule has 1 fully saturated rings. The lowest BCUT2D eigenvalue weighted by molar-refractivity contribution is -0.139. The number of carbonyl (C=O) groups excluding carboxylic acids is 3. The fourth-order valence-electron chi connectivity index (χ4n) is 4.88. The summed E-state index contributed by atoms with van der Waals surface area (Å²) in [5.41, 5.74) is 1.36. The quantitative estimate of drug-likeness (QED) is 0.534. The SMILES string of the molecule is COCCCN1C(=O)C(CC(=O)NC2CCCC2)CC(C(=O)N(C(C)C)C(C)C)=C1C. The van der Waals surface area contributed by atoms with Crippen molar-refractivity contribution in [2.75, 3.05) is 20.3 Å². The Morgan fingerprint density at radius 1 is 1.16 bits per heavy atom. The second kappa shape index (κ2) is 11.7. The van der Waals surface area contributed by atoms with Crippen molar-refractivity contribution in [3.05, 3.63) is 11.3 Å². The molecule has 1 atom stereocenters. The van der Waals surface area contributed by atoms with Gasteiger partial charge >= 0.3 is 0 Å². The minimum Gasteiger partial charge on any atom is -0.385 e. The van der Waals surface area contributed by atoms with Crippen LogP contribution >= 0.6 is 0 Å². The van der Waals surface area contributed by atoms with E-state index in [4.69, 9.17) is 4.74 Å². The van der Waals surface area contributed by atoms with Crippen LogP contribution in [-0.2, 0) is 19.1 Å². The number of hydrogen-bond donors (Lipinski definition) is 1. The van der Waals surface area contributed by atoms with Gasteiger partial charge in [0, 0.05) is 56.1 Å². The Morgan fingerprint density at radius 2 is 1.77 bits per heavy atom. The Balaban J connectivity index is 2.24. The Morgan fingerprint density at radius 3 is 2.32 bits per heavy atom. The van der Waals surface area contributed by atoms with Crippen LogP contribution in [-0.4, -0.2) is 65.9 Å². The van der Waals surface area contributed by atoms with E-state index in [1.54, 1.807) is 12.0 Å². The van der Waals surface area contributed by atoms with Gasteiger partial charge in [-0.2, -0.15) is 0 Å². The van der Waals surface area contributed by atoms with Gasteiger partial charge in [-0.15, -0.1) is 0 Å². The molecule has 0 aromatic carbocycles. The van der Waals surface area contributed by atoms with Gasteiger partial charge in [-0.05, 0) is 60.3 Å². The van der Waals surface area contributed by atoms with Gasteiger partial charge in [0.25, 0.3) is 5.91 Å². The van der Waals surface area contributed by atoms with Crippen LogP contribution in [0, 0.1) is 5.92 Å². The molecule has 1 saturated carbocycles. The van der Waals surface area contributed by atoms with Gasteiger partial charge in [0.1, 0.15) is 0 Å². The molecule has 0 saturated heterocycles. The van der Waals surface area contributed by atoms with Crippen LogP contribution in [0.3, 0.4) is 0 Å². The third-order valence-corrected chi connectivity index (χ3v) is 6.40. The van der Waals surface area contributed by atoms with Gasteiger partial charge in [0.15, 0.2) is 0 Å². The molecule has 0 spiro atoms. The van der Waals surface area contributed by atoms with E-state index in [0.717, 1.165) is 25.7 Å². The number of allylic oxidation sites excluding steroid dienone is 1. The summed E-state index contributed by atoms with van der Waals surface area (Å²) in [4.78, 5) is 43.0. The summed E-state index contributed by atoms with van der Waals surface area (Å²) >= 11 is 0. The third-order valence-electron chi connectivity index (χ3n) is 6.40. The minimum atomic E-state index is -0.507. The van der Waals surface area contributed by atoms with E-state index in [9.17, 15) is 14.4 Å². The summed E-state index contributed by atoms with van der Waals surface area (Å²) < 4.78 is 5.15. The first kappa shape index (κ1) is 25.4. The van der Waals surface area contributed by atoms with Gasteiger partial charge in [-0.25, -0.2) is 0 Å². The van der Waals surface area contributed by atoms with Crippen LogP contribution in [0.5, 0.6) is 0 Å². The van der Waals surface area contributed by atoms with Crippen molar-refractivity contribution in [3.8, 4) is 0 Å². The fraction of sp³-hybridized carbons (Fsp3) is 0.792. The van der Waals surface area contributed by atoms with Crippen molar-refractivity contribution in [2.45, 2.75) is 97.7 Å². The third kappa shape index (κ3) is 6.55. The highest BCUT2D eigenvalue weighted by Crippen LogP contribution is 2.32. The zero-order chi connectivity index (χ0) is 23.1. The van der Waals surface area contributed by atoms with Crippen molar-refractivity contribution in [2.24, 2.45) is 5.92 Å². The molecule has 3 amide bonds. The molecule has 1 N–H and O–H groups in total. The van der Waals surface area contributed by atoms with Gasteiger partial charge in [0.2, 0.25) is 11.8 Å². The van der Waals surface area contributed by atoms with Crippen LogP contribution in [0.4, 0.5) is 0 Å². The Hall–Kier alpha value is -1.89. The van der Waals surface area contributed by atoms with Gasteiger partial charge in [-0.3, -0.25) is 14.4 Å². The highest BCUT2D eigenvalue weighted by Gasteiger charge is 2.38. The number of amides is 3. The molecule has 1 unspecified atom stereocenters. The predicted octanol–water partition coefficient (Wildman–Crippen LogP) is 3.24. The van der Waals surface area contributed by atoms with Crippen LogP contribution in [0.25, 0.3) is 0 Å². The number of rotatable bonds is 10. The van der Waals surface area contributed by atoms with Gasteiger partial charge in [-0.1, -0.05) is 12.8 Å². The molecule has 0 aromatic heterocycles. The summed E-state index contributed by atoms with van der Waals surface area (Å²) in [6.07, 6.45) is 5.42. The van der Waals surface area contributed by atoms with Crippen LogP contribution in [0.1, 0.15) is 79.6 Å².